The van der Waals surface area contributed by atoms with E-state index in [1.54, 1.807) is 0 Å². The first kappa shape index (κ1) is 35.2. The van der Waals surface area contributed by atoms with Crippen LogP contribution in [-0.4, -0.2) is 64.0 Å². The van der Waals surface area contributed by atoms with Crippen molar-refractivity contribution in [2.24, 2.45) is 0 Å². The molecule has 52 heavy (non-hydrogen) atoms. The van der Waals surface area contributed by atoms with Crippen molar-refractivity contribution in [2.45, 2.75) is 64.2 Å². The van der Waals surface area contributed by atoms with Crippen LogP contribution >= 0.6 is 23.2 Å². The Balaban J connectivity index is 1.33. The fourth-order valence-corrected chi connectivity index (χ4v) is 9.45. The number of hydrogen-bond donors (Lipinski definition) is 0. The first-order valence-electron chi connectivity index (χ1n) is 19.1. The average molecular weight is 732 g/mol. The normalized spacial score (nSPS) is 17.2. The highest BCUT2D eigenvalue weighted by Crippen LogP contribution is 2.42. The van der Waals surface area contributed by atoms with Gasteiger partial charge in [-0.15, -0.1) is 0 Å². The van der Waals surface area contributed by atoms with Crippen LogP contribution in [0.5, 0.6) is 0 Å². The van der Waals surface area contributed by atoms with E-state index in [-0.39, 0.29) is 11.8 Å². The molecule has 4 heterocycles. The maximum atomic E-state index is 16.1. The Bertz CT molecular complexity index is 2030. The Morgan fingerprint density at radius 3 is 1.29 bits per heavy atom. The molecule has 0 N–H and O–H groups in total. The average Bonchev–Trinajstić information content (AvgIpc) is 3.63. The third-order valence-electron chi connectivity index (χ3n) is 11.7. The summed E-state index contributed by atoms with van der Waals surface area (Å²) in [6.45, 7) is 9.98. The molecule has 0 radical (unpaired) electrons. The van der Waals surface area contributed by atoms with Gasteiger partial charge in [0.15, 0.2) is 5.78 Å². The van der Waals surface area contributed by atoms with Crippen LogP contribution in [0.2, 0.25) is 10.0 Å². The van der Waals surface area contributed by atoms with Gasteiger partial charge in [-0.3, -0.25) is 4.79 Å². The molecule has 2 saturated heterocycles. The van der Waals surface area contributed by atoms with E-state index in [9.17, 15) is 0 Å². The third-order valence-corrected chi connectivity index (χ3v) is 12.2. The number of para-hydroxylation sites is 2. The van der Waals surface area contributed by atoms with E-state index in [1.165, 1.54) is 38.5 Å². The second-order valence-corrected chi connectivity index (χ2v) is 15.8. The molecular weight excluding hydrogens is 683 g/mol. The Morgan fingerprint density at radius 2 is 0.904 bits per heavy atom. The fraction of sp³-hybridized carbons (Fsp3) is 0.356. The van der Waals surface area contributed by atoms with Crippen molar-refractivity contribution < 1.29 is 4.79 Å². The SMILES string of the molecule is Cc1c(C(CN2CCCCC2)C(=O)C(CN2CCCCC2)c2c(C)n(-c3ccc(Cl)cc3)c3ccccc23)c2ccccc2n1-c1ccc(Cl)cc1. The summed E-state index contributed by atoms with van der Waals surface area (Å²) >= 11 is 12.7. The molecule has 8 rings (SSSR count). The molecule has 2 aliphatic heterocycles. The number of benzene rings is 4. The number of carbonyl (C=O) groups excluding carboxylic acids is 1. The molecule has 0 aliphatic carbocycles. The second-order valence-electron chi connectivity index (χ2n) is 14.9. The van der Waals surface area contributed by atoms with Gasteiger partial charge in [0, 0.05) is 56.7 Å². The van der Waals surface area contributed by atoms with Gasteiger partial charge in [-0.1, -0.05) is 72.4 Å². The van der Waals surface area contributed by atoms with E-state index in [1.807, 2.05) is 24.3 Å². The van der Waals surface area contributed by atoms with Gasteiger partial charge in [-0.25, -0.2) is 0 Å². The van der Waals surface area contributed by atoms with Gasteiger partial charge >= 0.3 is 0 Å². The zero-order valence-electron chi connectivity index (χ0n) is 30.3. The summed E-state index contributed by atoms with van der Waals surface area (Å²) in [5.41, 5.74) is 8.91. The molecule has 2 atom stereocenters. The lowest BCUT2D eigenvalue weighted by Crippen LogP contribution is -2.41. The van der Waals surface area contributed by atoms with Crippen LogP contribution in [0.1, 0.15) is 72.9 Å². The fourth-order valence-electron chi connectivity index (χ4n) is 9.20. The number of fused-ring (bicyclic) bond motifs is 2. The van der Waals surface area contributed by atoms with E-state index in [2.05, 4.69) is 106 Å². The summed E-state index contributed by atoms with van der Waals surface area (Å²) in [5, 5.41) is 3.74. The summed E-state index contributed by atoms with van der Waals surface area (Å²) < 4.78 is 4.66. The first-order chi connectivity index (χ1) is 25.4. The lowest BCUT2D eigenvalue weighted by atomic mass is 9.80. The van der Waals surface area contributed by atoms with E-state index >= 15 is 4.79 Å². The number of halogens is 2. The van der Waals surface area contributed by atoms with Crippen molar-refractivity contribution in [1.82, 2.24) is 18.9 Å². The van der Waals surface area contributed by atoms with E-state index < -0.39 is 0 Å². The maximum absolute atomic E-state index is 16.1. The highest BCUT2D eigenvalue weighted by molar-refractivity contribution is 6.30. The lowest BCUT2D eigenvalue weighted by molar-refractivity contribution is -0.123. The molecule has 7 heteroatoms. The molecule has 2 unspecified atom stereocenters. The Kier molecular flexibility index (Phi) is 10.3. The molecule has 268 valence electrons. The molecule has 0 saturated carbocycles. The van der Waals surface area contributed by atoms with E-state index in [0.717, 1.165) is 95.0 Å². The minimum Gasteiger partial charge on any atom is -0.314 e. The van der Waals surface area contributed by atoms with Crippen LogP contribution in [-0.2, 0) is 4.79 Å². The highest BCUT2D eigenvalue weighted by Gasteiger charge is 2.38. The van der Waals surface area contributed by atoms with Crippen molar-refractivity contribution >= 4 is 50.8 Å². The topological polar surface area (TPSA) is 33.4 Å². The summed E-state index contributed by atoms with van der Waals surface area (Å²) in [6, 6.07) is 33.4. The van der Waals surface area contributed by atoms with Gasteiger partial charge in [0.2, 0.25) is 0 Å². The van der Waals surface area contributed by atoms with Crippen molar-refractivity contribution in [3.63, 3.8) is 0 Å². The van der Waals surface area contributed by atoms with Crippen molar-refractivity contribution in [3.8, 4) is 11.4 Å². The zero-order valence-corrected chi connectivity index (χ0v) is 31.8. The molecule has 2 aromatic heterocycles. The van der Waals surface area contributed by atoms with Gasteiger partial charge in [-0.05, 0) is 138 Å². The smallest absolute Gasteiger partial charge is 0.150 e. The van der Waals surface area contributed by atoms with Gasteiger partial charge in [-0.2, -0.15) is 0 Å². The number of aromatic nitrogens is 2. The number of likely N-dealkylation sites (tertiary alicyclic amines) is 2. The van der Waals surface area contributed by atoms with Crippen LogP contribution in [0.4, 0.5) is 0 Å². The summed E-state index contributed by atoms with van der Waals surface area (Å²) in [6.07, 6.45) is 7.22. The quantitative estimate of drug-likeness (QED) is 0.141. The van der Waals surface area contributed by atoms with Crippen LogP contribution in [0.15, 0.2) is 97.1 Å². The molecule has 0 spiro atoms. The van der Waals surface area contributed by atoms with E-state index in [4.69, 9.17) is 23.2 Å². The molecule has 2 fully saturated rings. The maximum Gasteiger partial charge on any atom is 0.150 e. The number of carbonyl (C=O) groups is 1. The Morgan fingerprint density at radius 1 is 0.538 bits per heavy atom. The predicted octanol–water partition coefficient (Wildman–Crippen LogP) is 10.9. The van der Waals surface area contributed by atoms with Gasteiger partial charge in [0.25, 0.3) is 0 Å². The Hall–Kier alpha value is -3.87. The molecular formula is C45H48Cl2N4O. The summed E-state index contributed by atoms with van der Waals surface area (Å²) in [7, 11) is 0. The van der Waals surface area contributed by atoms with E-state index in [0.29, 0.717) is 15.8 Å². The number of Topliss-reactive ketones (excluding diaryl/α,β-unsaturated/α-hetero) is 1. The Labute approximate surface area is 317 Å². The number of piperidine rings is 2. The standard InChI is InChI=1S/C45H48Cl2N4O/c1-31-43(37-13-5-7-15-41(37)50(31)35-21-17-33(46)18-22-35)39(29-48-25-9-3-10-26-48)45(52)40(30-49-27-11-4-12-28-49)44-32(2)51(36-23-19-34(47)20-24-36)42-16-8-6-14-38(42)44/h5-8,13-24,39-40H,3-4,9-12,25-30H2,1-2H3. The van der Waals surface area contributed by atoms with Gasteiger partial charge in [0.05, 0.1) is 22.9 Å². The van der Waals surface area contributed by atoms with Crippen molar-refractivity contribution in [1.29, 1.82) is 0 Å². The lowest BCUT2D eigenvalue weighted by Gasteiger charge is -2.34. The molecule has 2 aliphatic rings. The van der Waals surface area contributed by atoms with Gasteiger partial charge < -0.3 is 18.9 Å². The monoisotopic (exact) mass is 730 g/mol. The van der Waals surface area contributed by atoms with Crippen LogP contribution < -0.4 is 0 Å². The second kappa shape index (κ2) is 15.2. The molecule has 6 aromatic rings. The molecule has 4 aromatic carbocycles. The van der Waals surface area contributed by atoms with Crippen LogP contribution in [0.25, 0.3) is 33.2 Å². The highest BCUT2D eigenvalue weighted by atomic mass is 35.5. The van der Waals surface area contributed by atoms with Gasteiger partial charge in [0.1, 0.15) is 0 Å². The summed E-state index contributed by atoms with van der Waals surface area (Å²) in [5.74, 6) is -0.285. The summed E-state index contributed by atoms with van der Waals surface area (Å²) in [4.78, 5) is 21.2. The molecule has 0 amide bonds. The van der Waals surface area contributed by atoms with Crippen LogP contribution in [0.3, 0.4) is 0 Å². The minimum absolute atomic E-state index is 0.302. The van der Waals surface area contributed by atoms with Crippen molar-refractivity contribution in [2.75, 3.05) is 39.3 Å². The number of hydrogen-bond acceptors (Lipinski definition) is 3. The number of nitrogens with zero attached hydrogens (tertiary/aromatic N) is 4. The predicted molar refractivity (Wildman–Crippen MR) is 217 cm³/mol. The third kappa shape index (κ3) is 6.73. The van der Waals surface area contributed by atoms with Crippen LogP contribution in [0, 0.1) is 13.8 Å². The van der Waals surface area contributed by atoms with Crippen molar-refractivity contribution in [3.05, 3.63) is 130 Å². The largest absolute Gasteiger partial charge is 0.314 e. The molecule has 5 nitrogen and oxygen atoms in total. The number of ketones is 1. The minimum atomic E-state index is -0.302. The molecule has 0 bridgehead atoms. The first-order valence-corrected chi connectivity index (χ1v) is 19.8. The number of rotatable bonds is 10. The zero-order chi connectivity index (χ0) is 35.8.